The molecule has 0 aliphatic carbocycles. The second-order valence-corrected chi connectivity index (χ2v) is 6.43. The van der Waals surface area contributed by atoms with Crippen molar-refractivity contribution < 1.29 is 9.47 Å². The van der Waals surface area contributed by atoms with Crippen LogP contribution in [0.5, 0.6) is 23.0 Å². The highest BCUT2D eigenvalue weighted by atomic mass is 16.5. The van der Waals surface area contributed by atoms with Crippen LogP contribution in [0, 0.1) is 0 Å². The average Bonchev–Trinajstić information content (AvgIpc) is 2.71. The number of rotatable bonds is 9. The molecule has 4 heteroatoms. The fourth-order valence-corrected chi connectivity index (χ4v) is 2.83. The van der Waals surface area contributed by atoms with Gasteiger partial charge in [-0.05, 0) is 61.3 Å². The smallest absolute Gasteiger partial charge is 0.170 e. The van der Waals surface area contributed by atoms with E-state index in [1.54, 1.807) is 0 Å². The summed E-state index contributed by atoms with van der Waals surface area (Å²) in [5.41, 5.74) is 13.0. The van der Waals surface area contributed by atoms with Gasteiger partial charge < -0.3 is 20.9 Å². The number of nitrogens with two attached hydrogens (primary N) is 2. The monoisotopic (exact) mass is 362 g/mol. The van der Waals surface area contributed by atoms with Crippen LogP contribution < -0.4 is 20.9 Å². The quantitative estimate of drug-likeness (QED) is 0.500. The Morgan fingerprint density at radius 2 is 1.30 bits per heavy atom. The first-order chi connectivity index (χ1) is 13.3. The van der Waals surface area contributed by atoms with Crippen molar-refractivity contribution in [1.82, 2.24) is 0 Å². The Morgan fingerprint density at radius 1 is 0.704 bits per heavy atom. The van der Waals surface area contributed by atoms with Crippen molar-refractivity contribution in [2.45, 2.75) is 25.3 Å². The first kappa shape index (κ1) is 19.0. The number of benzene rings is 3. The summed E-state index contributed by atoms with van der Waals surface area (Å²) in [5, 5.41) is 0. The number of ether oxygens (including phenoxy) is 2. The van der Waals surface area contributed by atoms with Crippen molar-refractivity contribution >= 4 is 0 Å². The van der Waals surface area contributed by atoms with Crippen molar-refractivity contribution in [3.05, 3.63) is 84.4 Å². The molecule has 3 aromatic rings. The van der Waals surface area contributed by atoms with E-state index in [-0.39, 0.29) is 6.04 Å². The molecule has 0 aliphatic rings. The molecule has 4 N–H and O–H groups in total. The Morgan fingerprint density at radius 3 is 1.89 bits per heavy atom. The number of para-hydroxylation sites is 2. The van der Waals surface area contributed by atoms with E-state index in [0.29, 0.717) is 18.0 Å². The summed E-state index contributed by atoms with van der Waals surface area (Å²) < 4.78 is 12.1. The molecule has 0 aliphatic heterocycles. The van der Waals surface area contributed by atoms with Gasteiger partial charge in [-0.2, -0.15) is 0 Å². The van der Waals surface area contributed by atoms with E-state index in [9.17, 15) is 0 Å². The molecule has 0 heterocycles. The number of hydrogen-bond acceptors (Lipinski definition) is 4. The van der Waals surface area contributed by atoms with Crippen LogP contribution in [0.3, 0.4) is 0 Å². The number of unbranched alkanes of at least 4 members (excludes halogenated alkanes) is 1. The minimum atomic E-state index is -0.0551. The molecular formula is C23H26N2O2. The topological polar surface area (TPSA) is 70.5 Å². The lowest BCUT2D eigenvalue weighted by atomic mass is 10.0. The van der Waals surface area contributed by atoms with E-state index in [2.05, 4.69) is 0 Å². The third kappa shape index (κ3) is 5.58. The summed E-state index contributed by atoms with van der Waals surface area (Å²) in [6, 6.07) is 25.2. The van der Waals surface area contributed by atoms with Crippen molar-refractivity contribution in [1.29, 1.82) is 0 Å². The highest BCUT2D eigenvalue weighted by Gasteiger charge is 2.13. The van der Waals surface area contributed by atoms with E-state index in [4.69, 9.17) is 20.9 Å². The van der Waals surface area contributed by atoms with E-state index in [1.807, 2.05) is 78.9 Å². The summed E-state index contributed by atoms with van der Waals surface area (Å²) in [6.07, 6.45) is 2.88. The van der Waals surface area contributed by atoms with Crippen molar-refractivity contribution in [3.63, 3.8) is 0 Å². The number of hydrogen-bond donors (Lipinski definition) is 2. The first-order valence-electron chi connectivity index (χ1n) is 9.31. The molecule has 0 saturated carbocycles. The van der Waals surface area contributed by atoms with Gasteiger partial charge in [-0.15, -0.1) is 0 Å². The molecule has 0 aromatic heterocycles. The zero-order valence-electron chi connectivity index (χ0n) is 15.4. The molecule has 1 atom stereocenters. The normalized spacial score (nSPS) is 11.8. The molecule has 3 aromatic carbocycles. The van der Waals surface area contributed by atoms with Crippen molar-refractivity contribution in [2.24, 2.45) is 11.5 Å². The maximum Gasteiger partial charge on any atom is 0.170 e. The predicted octanol–water partition coefficient (Wildman–Crippen LogP) is 5.40. The largest absolute Gasteiger partial charge is 0.453 e. The average molecular weight is 362 g/mol. The fraction of sp³-hybridized carbons (Fsp3) is 0.217. The lowest BCUT2D eigenvalue weighted by Crippen LogP contribution is -2.11. The summed E-state index contributed by atoms with van der Waals surface area (Å²) in [4.78, 5) is 0. The third-order valence-electron chi connectivity index (χ3n) is 4.31. The lowest BCUT2D eigenvalue weighted by Gasteiger charge is -2.17. The van der Waals surface area contributed by atoms with Gasteiger partial charge in [-0.3, -0.25) is 0 Å². The van der Waals surface area contributed by atoms with Crippen LogP contribution in [0.4, 0.5) is 0 Å². The Kier molecular flexibility index (Phi) is 6.85. The van der Waals surface area contributed by atoms with Crippen LogP contribution in [-0.2, 0) is 0 Å². The van der Waals surface area contributed by atoms with E-state index in [1.165, 1.54) is 0 Å². The molecular weight excluding hydrogens is 336 g/mol. The van der Waals surface area contributed by atoms with Crippen LogP contribution in [0.2, 0.25) is 0 Å². The van der Waals surface area contributed by atoms with Crippen LogP contribution in [0.1, 0.15) is 30.9 Å². The van der Waals surface area contributed by atoms with E-state index < -0.39 is 0 Å². The van der Waals surface area contributed by atoms with Crippen LogP contribution in [-0.4, -0.2) is 6.54 Å². The van der Waals surface area contributed by atoms with Crippen LogP contribution >= 0.6 is 0 Å². The Hall–Kier alpha value is -2.82. The van der Waals surface area contributed by atoms with Crippen LogP contribution in [0.25, 0.3) is 0 Å². The van der Waals surface area contributed by atoms with Gasteiger partial charge in [0, 0.05) is 6.04 Å². The summed E-state index contributed by atoms with van der Waals surface area (Å²) in [5.74, 6) is 2.82. The molecule has 0 bridgehead atoms. The Balaban J connectivity index is 1.85. The molecule has 0 radical (unpaired) electrons. The molecule has 0 amide bonds. The highest BCUT2D eigenvalue weighted by molar-refractivity contribution is 5.48. The van der Waals surface area contributed by atoms with Crippen LogP contribution in [0.15, 0.2) is 78.9 Å². The van der Waals surface area contributed by atoms with E-state index in [0.717, 1.165) is 36.3 Å². The van der Waals surface area contributed by atoms with Gasteiger partial charge in [0.15, 0.2) is 11.5 Å². The zero-order valence-corrected chi connectivity index (χ0v) is 15.4. The van der Waals surface area contributed by atoms with Crippen molar-refractivity contribution in [2.75, 3.05) is 6.54 Å². The fourth-order valence-electron chi connectivity index (χ4n) is 2.83. The first-order valence-corrected chi connectivity index (χ1v) is 9.31. The summed E-state index contributed by atoms with van der Waals surface area (Å²) >= 11 is 0. The SMILES string of the molecule is NCCCC[C@@H](N)c1ccc(Oc2ccccc2)c(Oc2ccccc2)c1. The van der Waals surface area contributed by atoms with Gasteiger partial charge in [0.1, 0.15) is 11.5 Å². The minimum absolute atomic E-state index is 0.0551. The molecule has 4 nitrogen and oxygen atoms in total. The maximum atomic E-state index is 6.36. The van der Waals surface area contributed by atoms with Gasteiger partial charge in [-0.25, -0.2) is 0 Å². The predicted molar refractivity (Wildman–Crippen MR) is 109 cm³/mol. The zero-order chi connectivity index (χ0) is 18.9. The van der Waals surface area contributed by atoms with Gasteiger partial charge >= 0.3 is 0 Å². The van der Waals surface area contributed by atoms with E-state index >= 15 is 0 Å². The Bertz CT molecular complexity index is 822. The molecule has 0 spiro atoms. The lowest BCUT2D eigenvalue weighted by molar-refractivity contribution is 0.417. The summed E-state index contributed by atoms with van der Waals surface area (Å²) in [7, 11) is 0. The second-order valence-electron chi connectivity index (χ2n) is 6.43. The molecule has 3 rings (SSSR count). The van der Waals surface area contributed by atoms with Gasteiger partial charge in [-0.1, -0.05) is 48.9 Å². The Labute approximate surface area is 160 Å². The third-order valence-corrected chi connectivity index (χ3v) is 4.31. The second kappa shape index (κ2) is 9.76. The minimum Gasteiger partial charge on any atom is -0.453 e. The van der Waals surface area contributed by atoms with Crippen molar-refractivity contribution in [3.8, 4) is 23.0 Å². The molecule has 0 saturated heterocycles. The molecule has 0 fully saturated rings. The maximum absolute atomic E-state index is 6.36. The van der Waals surface area contributed by atoms with Gasteiger partial charge in [0.25, 0.3) is 0 Å². The van der Waals surface area contributed by atoms with Gasteiger partial charge in [0.05, 0.1) is 0 Å². The highest BCUT2D eigenvalue weighted by Crippen LogP contribution is 2.37. The molecule has 0 unspecified atom stereocenters. The molecule has 27 heavy (non-hydrogen) atoms. The summed E-state index contributed by atoms with van der Waals surface area (Å²) in [6.45, 7) is 0.693. The van der Waals surface area contributed by atoms with Gasteiger partial charge in [0.2, 0.25) is 0 Å². The standard InChI is InChI=1S/C23H26N2O2/c24-16-8-7-13-21(25)18-14-15-22(26-19-9-3-1-4-10-19)23(17-18)27-20-11-5-2-6-12-20/h1-6,9-12,14-15,17,21H,7-8,13,16,24-25H2/t21-/m1/s1. The molecule has 140 valence electrons.